The first-order valence-electron chi connectivity index (χ1n) is 7.90. The van der Waals surface area contributed by atoms with Crippen LogP contribution in [0.25, 0.3) is 0 Å². The average molecular weight is 273 g/mol. The van der Waals surface area contributed by atoms with Crippen LogP contribution in [0, 0.1) is 0 Å². The summed E-state index contributed by atoms with van der Waals surface area (Å²) in [4.78, 5) is 5.13. The maximum Gasteiger partial charge on any atom is 0.0237 e. The molecule has 1 aromatic rings. The van der Waals surface area contributed by atoms with Gasteiger partial charge in [0.05, 0.1) is 0 Å². The Labute approximate surface area is 123 Å². The predicted molar refractivity (Wildman–Crippen MR) is 83.8 cm³/mol. The van der Waals surface area contributed by atoms with Gasteiger partial charge < -0.3 is 5.32 Å². The number of hydrogen-bond donors (Lipinski definition) is 1. The van der Waals surface area contributed by atoms with Gasteiger partial charge in [-0.05, 0) is 50.6 Å². The summed E-state index contributed by atoms with van der Waals surface area (Å²) in [6, 6.07) is 8.14. The van der Waals surface area contributed by atoms with Crippen LogP contribution in [0.1, 0.15) is 30.5 Å². The monoisotopic (exact) mass is 273 g/mol. The SMILES string of the molecule is CC1CN(Cc2cccc3c2CCNC3)CC(C)N1C. The normalized spacial score (nSPS) is 28.4. The Hall–Kier alpha value is -0.900. The van der Waals surface area contributed by atoms with Gasteiger partial charge in [-0.2, -0.15) is 0 Å². The van der Waals surface area contributed by atoms with Gasteiger partial charge in [0.1, 0.15) is 0 Å². The average Bonchev–Trinajstić information content (AvgIpc) is 2.45. The van der Waals surface area contributed by atoms with E-state index < -0.39 is 0 Å². The van der Waals surface area contributed by atoms with Gasteiger partial charge in [-0.1, -0.05) is 18.2 Å². The number of likely N-dealkylation sites (N-methyl/N-ethyl adjacent to an activating group) is 1. The highest BCUT2D eigenvalue weighted by Crippen LogP contribution is 2.22. The Balaban J connectivity index is 1.75. The summed E-state index contributed by atoms with van der Waals surface area (Å²) in [5, 5.41) is 3.47. The third-order valence-corrected chi connectivity index (χ3v) is 5.07. The molecule has 1 fully saturated rings. The van der Waals surface area contributed by atoms with Gasteiger partial charge in [-0.15, -0.1) is 0 Å². The topological polar surface area (TPSA) is 18.5 Å². The van der Waals surface area contributed by atoms with Crippen molar-refractivity contribution in [3.05, 3.63) is 34.9 Å². The maximum atomic E-state index is 3.47. The summed E-state index contributed by atoms with van der Waals surface area (Å²) in [6.45, 7) is 10.3. The van der Waals surface area contributed by atoms with Gasteiger partial charge in [0.25, 0.3) is 0 Å². The smallest absolute Gasteiger partial charge is 0.0237 e. The first kappa shape index (κ1) is 14.1. The standard InChI is InChI=1S/C17H27N3/c1-13-10-20(11-14(2)19(13)3)12-16-6-4-5-15-9-18-8-7-17(15)16/h4-6,13-14,18H,7-12H2,1-3H3. The first-order chi connectivity index (χ1) is 9.65. The van der Waals surface area contributed by atoms with Crippen molar-refractivity contribution in [2.24, 2.45) is 0 Å². The van der Waals surface area contributed by atoms with Crippen LogP contribution in [-0.4, -0.2) is 48.6 Å². The largest absolute Gasteiger partial charge is 0.312 e. The lowest BCUT2D eigenvalue weighted by molar-refractivity contribution is 0.0554. The van der Waals surface area contributed by atoms with Crippen LogP contribution in [-0.2, 0) is 19.5 Å². The van der Waals surface area contributed by atoms with E-state index in [1.54, 1.807) is 11.1 Å². The molecule has 1 N–H and O–H groups in total. The first-order valence-corrected chi connectivity index (χ1v) is 7.90. The summed E-state index contributed by atoms with van der Waals surface area (Å²) in [7, 11) is 2.25. The number of hydrogen-bond acceptors (Lipinski definition) is 3. The third-order valence-electron chi connectivity index (χ3n) is 5.07. The molecule has 3 nitrogen and oxygen atoms in total. The summed E-state index contributed by atoms with van der Waals surface area (Å²) in [5.41, 5.74) is 4.66. The number of nitrogens with one attached hydrogen (secondary N) is 1. The molecule has 2 unspecified atom stereocenters. The van der Waals surface area contributed by atoms with Crippen LogP contribution in [0.5, 0.6) is 0 Å². The molecule has 0 saturated carbocycles. The van der Waals surface area contributed by atoms with Crippen molar-refractivity contribution < 1.29 is 0 Å². The zero-order valence-electron chi connectivity index (χ0n) is 13.0. The molecule has 0 spiro atoms. The quantitative estimate of drug-likeness (QED) is 0.887. The maximum absolute atomic E-state index is 3.47. The van der Waals surface area contributed by atoms with E-state index in [0.29, 0.717) is 12.1 Å². The van der Waals surface area contributed by atoms with Gasteiger partial charge in [0.15, 0.2) is 0 Å². The highest BCUT2D eigenvalue weighted by Gasteiger charge is 2.27. The Morgan fingerprint density at radius 2 is 1.95 bits per heavy atom. The van der Waals surface area contributed by atoms with Crippen LogP contribution >= 0.6 is 0 Å². The molecule has 0 aromatic heterocycles. The van der Waals surface area contributed by atoms with Crippen molar-refractivity contribution in [2.75, 3.05) is 26.7 Å². The Bertz CT molecular complexity index is 459. The molecule has 110 valence electrons. The molecule has 20 heavy (non-hydrogen) atoms. The fourth-order valence-corrected chi connectivity index (χ4v) is 3.64. The van der Waals surface area contributed by atoms with Crippen molar-refractivity contribution in [1.29, 1.82) is 0 Å². The number of rotatable bonds is 2. The molecule has 0 radical (unpaired) electrons. The molecule has 0 aliphatic carbocycles. The fourth-order valence-electron chi connectivity index (χ4n) is 3.64. The van der Waals surface area contributed by atoms with E-state index in [4.69, 9.17) is 0 Å². The number of fused-ring (bicyclic) bond motifs is 1. The fraction of sp³-hybridized carbons (Fsp3) is 0.647. The second-order valence-electron chi connectivity index (χ2n) is 6.54. The molecule has 1 aromatic carbocycles. The highest BCUT2D eigenvalue weighted by atomic mass is 15.3. The minimum Gasteiger partial charge on any atom is -0.312 e. The summed E-state index contributed by atoms with van der Waals surface area (Å²) >= 11 is 0. The molecule has 2 aliphatic rings. The lowest BCUT2D eigenvalue weighted by Crippen LogP contribution is -2.54. The molecule has 3 rings (SSSR count). The van der Waals surface area contributed by atoms with Gasteiger partial charge in [0, 0.05) is 38.3 Å². The molecule has 0 bridgehead atoms. The lowest BCUT2D eigenvalue weighted by atomic mass is 9.94. The minimum atomic E-state index is 0.653. The molecular formula is C17H27N3. The van der Waals surface area contributed by atoms with Crippen LogP contribution in [0.15, 0.2) is 18.2 Å². The third kappa shape index (κ3) is 2.76. The van der Waals surface area contributed by atoms with E-state index in [2.05, 4.69) is 54.2 Å². The van der Waals surface area contributed by atoms with Crippen LogP contribution in [0.4, 0.5) is 0 Å². The van der Waals surface area contributed by atoms with Crippen molar-refractivity contribution in [2.45, 2.75) is 45.4 Å². The molecule has 2 aliphatic heterocycles. The zero-order chi connectivity index (χ0) is 14.1. The predicted octanol–water partition coefficient (Wildman–Crippen LogP) is 1.86. The summed E-state index contributed by atoms with van der Waals surface area (Å²) in [5.74, 6) is 0. The second kappa shape index (κ2) is 5.84. The summed E-state index contributed by atoms with van der Waals surface area (Å²) in [6.07, 6.45) is 1.18. The van der Waals surface area contributed by atoms with Gasteiger partial charge >= 0.3 is 0 Å². The van der Waals surface area contributed by atoms with E-state index in [0.717, 1.165) is 19.6 Å². The van der Waals surface area contributed by atoms with Gasteiger partial charge in [0.2, 0.25) is 0 Å². The number of piperazine rings is 1. The van der Waals surface area contributed by atoms with Gasteiger partial charge in [-0.25, -0.2) is 0 Å². The second-order valence-corrected chi connectivity index (χ2v) is 6.54. The zero-order valence-corrected chi connectivity index (χ0v) is 13.0. The van der Waals surface area contributed by atoms with Crippen molar-refractivity contribution >= 4 is 0 Å². The van der Waals surface area contributed by atoms with Crippen LogP contribution < -0.4 is 5.32 Å². The molecule has 3 heteroatoms. The minimum absolute atomic E-state index is 0.653. The lowest BCUT2D eigenvalue weighted by Gasteiger charge is -2.42. The number of nitrogens with zero attached hydrogens (tertiary/aromatic N) is 2. The highest BCUT2D eigenvalue weighted by molar-refractivity contribution is 5.37. The summed E-state index contributed by atoms with van der Waals surface area (Å²) < 4.78 is 0. The molecule has 0 amide bonds. The van der Waals surface area contributed by atoms with E-state index in [1.807, 2.05) is 0 Å². The van der Waals surface area contributed by atoms with E-state index in [-0.39, 0.29) is 0 Å². The Morgan fingerprint density at radius 1 is 1.20 bits per heavy atom. The molecule has 2 atom stereocenters. The van der Waals surface area contributed by atoms with Crippen molar-refractivity contribution in [3.8, 4) is 0 Å². The van der Waals surface area contributed by atoms with E-state index in [9.17, 15) is 0 Å². The molecule has 1 saturated heterocycles. The Morgan fingerprint density at radius 3 is 2.70 bits per heavy atom. The van der Waals surface area contributed by atoms with E-state index >= 15 is 0 Å². The van der Waals surface area contributed by atoms with Crippen LogP contribution in [0.3, 0.4) is 0 Å². The Kier molecular flexibility index (Phi) is 4.11. The van der Waals surface area contributed by atoms with E-state index in [1.165, 1.54) is 25.1 Å². The van der Waals surface area contributed by atoms with Crippen molar-refractivity contribution in [1.82, 2.24) is 15.1 Å². The molecule has 2 heterocycles. The van der Waals surface area contributed by atoms with Gasteiger partial charge in [-0.3, -0.25) is 9.80 Å². The number of benzene rings is 1. The van der Waals surface area contributed by atoms with Crippen LogP contribution in [0.2, 0.25) is 0 Å². The van der Waals surface area contributed by atoms with Crippen molar-refractivity contribution in [3.63, 3.8) is 0 Å². The molecular weight excluding hydrogens is 246 g/mol.